The molecule has 9 heteroatoms. The first-order chi connectivity index (χ1) is 16.3. The van der Waals surface area contributed by atoms with E-state index in [0.717, 1.165) is 0 Å². The van der Waals surface area contributed by atoms with E-state index in [0.29, 0.717) is 24.3 Å². The van der Waals surface area contributed by atoms with Gasteiger partial charge in [0.25, 0.3) is 5.91 Å². The fourth-order valence-corrected chi connectivity index (χ4v) is 5.80. The lowest BCUT2D eigenvalue weighted by Crippen LogP contribution is -2.58. The Labute approximate surface area is 199 Å². The Hall–Kier alpha value is -2.91. The smallest absolute Gasteiger partial charge is 0.312 e. The van der Waals surface area contributed by atoms with Crippen LogP contribution in [0, 0.1) is 11.8 Å². The van der Waals surface area contributed by atoms with Gasteiger partial charge >= 0.3 is 5.97 Å². The summed E-state index contributed by atoms with van der Waals surface area (Å²) >= 11 is 0. The van der Waals surface area contributed by atoms with Gasteiger partial charge in [-0.25, -0.2) is 0 Å². The second-order valence-electron chi connectivity index (χ2n) is 9.02. The maximum Gasteiger partial charge on any atom is 0.312 e. The number of carbonyl (C=O) groups excluding carboxylic acids is 3. The Balaban J connectivity index is 1.77. The molecule has 6 atom stereocenters. The third kappa shape index (κ3) is 3.58. The fraction of sp³-hybridized carbons (Fsp3) is 0.560. The van der Waals surface area contributed by atoms with Crippen molar-refractivity contribution in [1.29, 1.82) is 0 Å². The van der Waals surface area contributed by atoms with E-state index in [1.165, 1.54) is 4.90 Å². The zero-order chi connectivity index (χ0) is 24.6. The monoisotopic (exact) mass is 472 g/mol. The second-order valence-corrected chi connectivity index (χ2v) is 9.02. The van der Waals surface area contributed by atoms with Gasteiger partial charge in [0, 0.05) is 12.2 Å². The quantitative estimate of drug-likeness (QED) is 0.429. The number of aliphatic hydroxyl groups is 1. The van der Waals surface area contributed by atoms with Crippen molar-refractivity contribution >= 4 is 23.5 Å². The molecule has 3 aliphatic heterocycles. The highest BCUT2D eigenvalue weighted by molar-refractivity contribution is 6.04. The van der Waals surface area contributed by atoms with Gasteiger partial charge < -0.3 is 29.1 Å². The van der Waals surface area contributed by atoms with E-state index in [1.807, 2.05) is 0 Å². The number of anilines is 1. The molecule has 1 aromatic rings. The van der Waals surface area contributed by atoms with Crippen LogP contribution in [0.25, 0.3) is 0 Å². The van der Waals surface area contributed by atoms with Gasteiger partial charge in [0.15, 0.2) is 0 Å². The lowest BCUT2D eigenvalue weighted by atomic mass is 9.70. The predicted molar refractivity (Wildman–Crippen MR) is 123 cm³/mol. The molecule has 3 heterocycles. The molecule has 184 valence electrons. The summed E-state index contributed by atoms with van der Waals surface area (Å²) in [6, 6.07) is 5.41. The summed E-state index contributed by atoms with van der Waals surface area (Å²) in [7, 11) is 1.56. The van der Waals surface area contributed by atoms with Crippen LogP contribution < -0.4 is 9.64 Å². The van der Waals surface area contributed by atoms with Crippen molar-refractivity contribution in [2.75, 3.05) is 31.8 Å². The van der Waals surface area contributed by atoms with E-state index in [9.17, 15) is 19.5 Å². The van der Waals surface area contributed by atoms with Crippen molar-refractivity contribution in [3.8, 4) is 5.75 Å². The molecule has 1 spiro atoms. The number of rotatable bonds is 9. The molecule has 1 N–H and O–H groups in total. The van der Waals surface area contributed by atoms with Crippen molar-refractivity contribution in [3.05, 3.63) is 36.9 Å². The van der Waals surface area contributed by atoms with Gasteiger partial charge in [-0.15, -0.1) is 6.58 Å². The first-order valence-electron chi connectivity index (χ1n) is 11.7. The van der Waals surface area contributed by atoms with Crippen LogP contribution in [0.1, 0.15) is 26.7 Å². The molecule has 0 aromatic heterocycles. The number of amides is 2. The highest BCUT2D eigenvalue weighted by Gasteiger charge is 2.75. The number of carbonyl (C=O) groups is 3. The maximum atomic E-state index is 14.2. The Bertz CT molecular complexity index is 965. The second kappa shape index (κ2) is 9.38. The zero-order valence-corrected chi connectivity index (χ0v) is 19.8. The highest BCUT2D eigenvalue weighted by Crippen LogP contribution is 2.59. The topological polar surface area (TPSA) is 106 Å². The zero-order valence-electron chi connectivity index (χ0n) is 19.8. The molecule has 1 aromatic carbocycles. The molecule has 0 radical (unpaired) electrons. The summed E-state index contributed by atoms with van der Waals surface area (Å²) in [5, 5.41) is 9.94. The van der Waals surface area contributed by atoms with Crippen LogP contribution in [0.2, 0.25) is 0 Å². The molecule has 0 aliphatic carbocycles. The number of methoxy groups -OCH3 is 1. The molecule has 3 aliphatic rings. The molecule has 2 amide bonds. The Morgan fingerprint density at radius 3 is 2.68 bits per heavy atom. The van der Waals surface area contributed by atoms with E-state index in [1.54, 1.807) is 56.2 Å². The van der Waals surface area contributed by atoms with Crippen molar-refractivity contribution in [1.82, 2.24) is 4.90 Å². The molecule has 0 unspecified atom stereocenters. The molecule has 0 saturated carbocycles. The lowest BCUT2D eigenvalue weighted by molar-refractivity contribution is -0.155. The SMILES string of the molecule is C=CCN(C(=O)[C@H]1N([C@H](C)CO)C(=O)[C@@H]2[C@@H](C(=O)OCC)[C@H]3CC[C@]21O3)c1ccc(OC)cc1. The van der Waals surface area contributed by atoms with Gasteiger partial charge in [-0.05, 0) is 51.0 Å². The normalized spacial score (nSPS) is 30.1. The average Bonchev–Trinajstić information content (AvgIpc) is 3.49. The van der Waals surface area contributed by atoms with E-state index >= 15 is 0 Å². The van der Waals surface area contributed by atoms with Crippen molar-refractivity contribution in [3.63, 3.8) is 0 Å². The number of likely N-dealkylation sites (tertiary alicyclic amines) is 1. The van der Waals surface area contributed by atoms with Crippen LogP contribution in [-0.2, 0) is 23.9 Å². The van der Waals surface area contributed by atoms with Crippen LogP contribution in [0.5, 0.6) is 5.75 Å². The van der Waals surface area contributed by atoms with Gasteiger partial charge in [0.1, 0.15) is 17.4 Å². The van der Waals surface area contributed by atoms with Gasteiger partial charge in [-0.3, -0.25) is 14.4 Å². The summed E-state index contributed by atoms with van der Waals surface area (Å²) in [4.78, 5) is 43.7. The summed E-state index contributed by atoms with van der Waals surface area (Å²) in [5.41, 5.74) is -0.532. The molecular weight excluding hydrogens is 440 g/mol. The van der Waals surface area contributed by atoms with Gasteiger partial charge in [-0.2, -0.15) is 0 Å². The minimum atomic E-state index is -1.15. The minimum absolute atomic E-state index is 0.194. The Morgan fingerprint density at radius 2 is 2.09 bits per heavy atom. The van der Waals surface area contributed by atoms with Crippen molar-refractivity contribution in [2.45, 2.75) is 50.5 Å². The van der Waals surface area contributed by atoms with Gasteiger partial charge in [0.2, 0.25) is 5.91 Å². The molecular formula is C25H32N2O7. The average molecular weight is 473 g/mol. The predicted octanol–water partition coefficient (Wildman–Crippen LogP) is 1.53. The molecule has 2 bridgehead atoms. The standard InChI is InChI=1S/C25H32N2O7/c1-5-13-26(16-7-9-17(32-4)10-8-16)23(30)21-25-12-11-18(34-25)19(24(31)33-6-2)20(25)22(29)27(21)15(3)14-28/h5,7-10,15,18-21,28H,1,6,11-14H2,2-4H3/t15-,18-,19+,20+,21-,25+/m1/s1. The third-order valence-electron chi connectivity index (χ3n) is 7.23. The van der Waals surface area contributed by atoms with Crippen LogP contribution in [0.3, 0.4) is 0 Å². The number of benzene rings is 1. The molecule has 3 saturated heterocycles. The first kappa shape index (κ1) is 24.2. The van der Waals surface area contributed by atoms with Crippen molar-refractivity contribution in [2.24, 2.45) is 11.8 Å². The summed E-state index contributed by atoms with van der Waals surface area (Å²) in [6.45, 7) is 7.27. The Morgan fingerprint density at radius 1 is 1.38 bits per heavy atom. The maximum absolute atomic E-state index is 14.2. The molecule has 4 rings (SSSR count). The highest BCUT2D eigenvalue weighted by atomic mass is 16.6. The Kier molecular flexibility index (Phi) is 6.69. The number of nitrogens with zero attached hydrogens (tertiary/aromatic N) is 2. The van der Waals surface area contributed by atoms with E-state index in [4.69, 9.17) is 14.2 Å². The van der Waals surface area contributed by atoms with E-state index < -0.39 is 41.6 Å². The number of hydrogen-bond donors (Lipinski definition) is 1. The van der Waals surface area contributed by atoms with Crippen LogP contribution >= 0.6 is 0 Å². The van der Waals surface area contributed by atoms with Gasteiger partial charge in [0.05, 0.1) is 44.3 Å². The fourth-order valence-electron chi connectivity index (χ4n) is 5.80. The first-order valence-corrected chi connectivity index (χ1v) is 11.7. The van der Waals surface area contributed by atoms with Crippen LogP contribution in [0.4, 0.5) is 5.69 Å². The van der Waals surface area contributed by atoms with Crippen LogP contribution in [0.15, 0.2) is 36.9 Å². The summed E-state index contributed by atoms with van der Waals surface area (Å²) in [6.07, 6.45) is 2.17. The van der Waals surface area contributed by atoms with Gasteiger partial charge in [-0.1, -0.05) is 6.08 Å². The molecule has 9 nitrogen and oxygen atoms in total. The lowest BCUT2D eigenvalue weighted by Gasteiger charge is -2.38. The van der Waals surface area contributed by atoms with Crippen molar-refractivity contribution < 1.29 is 33.7 Å². The molecule has 3 fully saturated rings. The minimum Gasteiger partial charge on any atom is -0.497 e. The third-order valence-corrected chi connectivity index (χ3v) is 7.23. The van der Waals surface area contributed by atoms with E-state index in [2.05, 4.69) is 6.58 Å². The number of ether oxygens (including phenoxy) is 3. The van der Waals surface area contributed by atoms with E-state index in [-0.39, 0.29) is 31.6 Å². The number of esters is 1. The number of hydrogen-bond acceptors (Lipinski definition) is 7. The number of aliphatic hydroxyl groups excluding tert-OH is 1. The summed E-state index contributed by atoms with van der Waals surface area (Å²) in [5.74, 6) is -2.11. The van der Waals surface area contributed by atoms with Crippen LogP contribution in [-0.4, -0.2) is 78.4 Å². The number of fused-ring (bicyclic) bond motifs is 1. The molecule has 34 heavy (non-hydrogen) atoms. The summed E-state index contributed by atoms with van der Waals surface area (Å²) < 4.78 is 16.9. The largest absolute Gasteiger partial charge is 0.497 e.